The number of methoxy groups -OCH3 is 3. The van der Waals surface area contributed by atoms with Crippen LogP contribution in [0.3, 0.4) is 0 Å². The maximum atomic E-state index is 12.7. The van der Waals surface area contributed by atoms with Crippen molar-refractivity contribution in [3.8, 4) is 34.4 Å². The number of nitrogens with zero attached hydrogens (tertiary/aromatic N) is 1. The van der Waals surface area contributed by atoms with E-state index in [-0.39, 0.29) is 5.56 Å². The van der Waals surface area contributed by atoms with E-state index in [1.807, 2.05) is 0 Å². The van der Waals surface area contributed by atoms with E-state index in [1.165, 1.54) is 7.11 Å². The first-order chi connectivity index (χ1) is 13.1. The average molecular weight is 435 g/mol. The van der Waals surface area contributed by atoms with Gasteiger partial charge < -0.3 is 23.9 Å². The van der Waals surface area contributed by atoms with Crippen molar-refractivity contribution in [2.75, 3.05) is 33.3 Å². The van der Waals surface area contributed by atoms with Gasteiger partial charge in [0.2, 0.25) is 0 Å². The Hall–Kier alpha value is -2.74. The Morgan fingerprint density at radius 3 is 2.33 bits per heavy atom. The van der Waals surface area contributed by atoms with Crippen molar-refractivity contribution in [1.82, 2.24) is 9.97 Å². The molecule has 7 nitrogen and oxygen atoms in total. The van der Waals surface area contributed by atoms with Crippen LogP contribution in [-0.4, -0.2) is 43.2 Å². The molecule has 2 aromatic carbocycles. The van der Waals surface area contributed by atoms with Crippen LogP contribution in [0, 0.1) is 0 Å². The van der Waals surface area contributed by atoms with Gasteiger partial charge in [-0.2, -0.15) is 0 Å². The van der Waals surface area contributed by atoms with E-state index in [0.717, 1.165) is 0 Å². The van der Waals surface area contributed by atoms with Crippen LogP contribution in [0.5, 0.6) is 23.0 Å². The molecule has 1 heterocycles. The molecule has 3 aromatic rings. The summed E-state index contributed by atoms with van der Waals surface area (Å²) in [4.78, 5) is 20.1. The normalized spacial score (nSPS) is 10.7. The van der Waals surface area contributed by atoms with Gasteiger partial charge in [0, 0.05) is 29.1 Å². The van der Waals surface area contributed by atoms with Crippen LogP contribution in [-0.2, 0) is 0 Å². The third-order valence-corrected chi connectivity index (χ3v) is 4.26. The molecule has 0 aliphatic rings. The fourth-order valence-electron chi connectivity index (χ4n) is 2.69. The molecule has 0 aliphatic heterocycles. The Balaban J connectivity index is 2.18. The monoisotopic (exact) mass is 434 g/mol. The van der Waals surface area contributed by atoms with Gasteiger partial charge in [0.15, 0.2) is 0 Å². The van der Waals surface area contributed by atoms with Crippen LogP contribution in [0.1, 0.15) is 0 Å². The van der Waals surface area contributed by atoms with Crippen molar-refractivity contribution in [3.63, 3.8) is 0 Å². The fourth-order valence-corrected chi connectivity index (χ4v) is 2.85. The third-order valence-electron chi connectivity index (χ3n) is 3.94. The van der Waals surface area contributed by atoms with Crippen molar-refractivity contribution < 1.29 is 18.9 Å². The molecule has 1 aromatic heterocycles. The number of aromatic nitrogens is 2. The lowest BCUT2D eigenvalue weighted by atomic mass is 10.1. The number of aromatic amines is 1. The number of halogens is 1. The number of ether oxygens (including phenoxy) is 4. The minimum Gasteiger partial charge on any atom is -0.497 e. The number of fused-ring (bicyclic) bond motifs is 1. The van der Waals surface area contributed by atoms with Gasteiger partial charge in [-0.3, -0.25) is 4.79 Å². The van der Waals surface area contributed by atoms with E-state index >= 15 is 0 Å². The SMILES string of the molecule is COc1cc(OCCBr)cc(-c2nc3cc(OC)cc(OC)c3c(=O)[nH]2)c1. The molecule has 142 valence electrons. The number of alkyl halides is 1. The Morgan fingerprint density at radius 2 is 1.67 bits per heavy atom. The lowest BCUT2D eigenvalue weighted by Crippen LogP contribution is -2.11. The summed E-state index contributed by atoms with van der Waals surface area (Å²) < 4.78 is 21.6. The molecule has 27 heavy (non-hydrogen) atoms. The summed E-state index contributed by atoms with van der Waals surface area (Å²) in [5, 5.41) is 1.06. The number of rotatable bonds is 7. The van der Waals surface area contributed by atoms with Gasteiger partial charge in [0.05, 0.1) is 33.5 Å². The molecule has 0 fully saturated rings. The Morgan fingerprint density at radius 1 is 0.963 bits per heavy atom. The van der Waals surface area contributed by atoms with E-state index in [1.54, 1.807) is 44.6 Å². The zero-order valence-electron chi connectivity index (χ0n) is 15.2. The molecule has 0 radical (unpaired) electrons. The van der Waals surface area contributed by atoms with Gasteiger partial charge in [-0.1, -0.05) is 15.9 Å². The summed E-state index contributed by atoms with van der Waals surface area (Å²) in [6, 6.07) is 8.70. The van der Waals surface area contributed by atoms with Gasteiger partial charge in [0.1, 0.15) is 34.2 Å². The molecule has 3 rings (SSSR count). The van der Waals surface area contributed by atoms with Gasteiger partial charge in [-0.15, -0.1) is 0 Å². The van der Waals surface area contributed by atoms with E-state index in [2.05, 4.69) is 25.9 Å². The maximum absolute atomic E-state index is 12.7. The summed E-state index contributed by atoms with van der Waals surface area (Å²) in [5.74, 6) is 2.57. The van der Waals surface area contributed by atoms with Crippen molar-refractivity contribution in [2.45, 2.75) is 0 Å². The van der Waals surface area contributed by atoms with Crippen LogP contribution in [0.4, 0.5) is 0 Å². The molecule has 8 heteroatoms. The molecule has 0 bridgehead atoms. The first-order valence-corrected chi connectivity index (χ1v) is 9.26. The van der Waals surface area contributed by atoms with Crippen LogP contribution in [0.2, 0.25) is 0 Å². The third kappa shape index (κ3) is 4.00. The second-order valence-corrected chi connectivity index (χ2v) is 6.37. The minimum atomic E-state index is -0.305. The van der Waals surface area contributed by atoms with E-state index in [0.29, 0.717) is 57.2 Å². The zero-order valence-corrected chi connectivity index (χ0v) is 16.8. The number of nitrogens with one attached hydrogen (secondary N) is 1. The highest BCUT2D eigenvalue weighted by atomic mass is 79.9. The highest BCUT2D eigenvalue weighted by Gasteiger charge is 2.14. The predicted octanol–water partition coefficient (Wildman–Crippen LogP) is 3.39. The maximum Gasteiger partial charge on any atom is 0.262 e. The standard InChI is InChI=1S/C19H19BrN2O5/c1-24-12-6-11(7-14(8-12)27-5-4-20)18-21-15-9-13(25-2)10-16(26-3)17(15)19(23)22-18/h6-10H,4-5H2,1-3H3,(H,21,22,23). The summed E-state index contributed by atoms with van der Waals surface area (Å²) in [6.45, 7) is 0.503. The zero-order chi connectivity index (χ0) is 19.4. The second kappa shape index (κ2) is 8.30. The quantitative estimate of drug-likeness (QED) is 0.573. The molecule has 0 unspecified atom stereocenters. The molecule has 0 spiro atoms. The van der Waals surface area contributed by atoms with Gasteiger partial charge >= 0.3 is 0 Å². The topological polar surface area (TPSA) is 82.7 Å². The van der Waals surface area contributed by atoms with E-state index < -0.39 is 0 Å². The summed E-state index contributed by atoms with van der Waals surface area (Å²) >= 11 is 3.33. The highest BCUT2D eigenvalue weighted by Crippen LogP contribution is 2.31. The molecule has 0 saturated heterocycles. The minimum absolute atomic E-state index is 0.305. The first kappa shape index (κ1) is 19.0. The molecule has 1 N–H and O–H groups in total. The molecular formula is C19H19BrN2O5. The van der Waals surface area contributed by atoms with Gasteiger partial charge in [0.25, 0.3) is 5.56 Å². The Labute approximate surface area is 164 Å². The number of H-pyrrole nitrogens is 1. The number of benzene rings is 2. The van der Waals surface area contributed by atoms with Gasteiger partial charge in [-0.05, 0) is 12.1 Å². The lowest BCUT2D eigenvalue weighted by molar-refractivity contribution is 0.341. The van der Waals surface area contributed by atoms with Crippen LogP contribution in [0.25, 0.3) is 22.3 Å². The molecule has 0 saturated carbocycles. The Kier molecular flexibility index (Phi) is 5.85. The lowest BCUT2D eigenvalue weighted by Gasteiger charge is -2.11. The average Bonchev–Trinajstić information content (AvgIpc) is 2.70. The first-order valence-electron chi connectivity index (χ1n) is 8.14. The largest absolute Gasteiger partial charge is 0.497 e. The highest BCUT2D eigenvalue weighted by molar-refractivity contribution is 9.09. The predicted molar refractivity (Wildman–Crippen MR) is 107 cm³/mol. The summed E-state index contributed by atoms with van der Waals surface area (Å²) in [7, 11) is 4.61. The fraction of sp³-hybridized carbons (Fsp3) is 0.263. The summed E-state index contributed by atoms with van der Waals surface area (Å²) in [5.41, 5.74) is 0.829. The van der Waals surface area contributed by atoms with Crippen molar-refractivity contribution in [1.29, 1.82) is 0 Å². The second-order valence-electron chi connectivity index (χ2n) is 5.57. The molecule has 0 aliphatic carbocycles. The van der Waals surface area contributed by atoms with E-state index in [9.17, 15) is 4.79 Å². The Bertz CT molecular complexity index is 1020. The molecule has 0 atom stereocenters. The molecular weight excluding hydrogens is 416 g/mol. The van der Waals surface area contributed by atoms with Crippen LogP contribution in [0.15, 0.2) is 35.1 Å². The van der Waals surface area contributed by atoms with E-state index in [4.69, 9.17) is 18.9 Å². The number of hydrogen-bond donors (Lipinski definition) is 1. The van der Waals surface area contributed by atoms with Crippen LogP contribution >= 0.6 is 15.9 Å². The van der Waals surface area contributed by atoms with Crippen molar-refractivity contribution in [2.24, 2.45) is 0 Å². The van der Waals surface area contributed by atoms with Crippen molar-refractivity contribution in [3.05, 3.63) is 40.7 Å². The van der Waals surface area contributed by atoms with Crippen LogP contribution < -0.4 is 24.5 Å². The van der Waals surface area contributed by atoms with Gasteiger partial charge in [-0.25, -0.2) is 4.98 Å². The molecule has 0 amide bonds. The smallest absolute Gasteiger partial charge is 0.262 e. The number of hydrogen-bond acceptors (Lipinski definition) is 6. The summed E-state index contributed by atoms with van der Waals surface area (Å²) in [6.07, 6.45) is 0. The van der Waals surface area contributed by atoms with Crippen molar-refractivity contribution >= 4 is 26.8 Å².